The van der Waals surface area contributed by atoms with E-state index in [-0.39, 0.29) is 0 Å². The highest BCUT2D eigenvalue weighted by Gasteiger charge is 2.13. The quantitative estimate of drug-likeness (QED) is 0.877. The Morgan fingerprint density at radius 1 is 1.30 bits per heavy atom. The van der Waals surface area contributed by atoms with Crippen molar-refractivity contribution < 1.29 is 9.64 Å². The van der Waals surface area contributed by atoms with Crippen molar-refractivity contribution >= 4 is 28.6 Å². The van der Waals surface area contributed by atoms with Crippen LogP contribution in [0.2, 0.25) is 5.02 Å². The van der Waals surface area contributed by atoms with E-state index in [1.807, 2.05) is 24.3 Å². The van der Waals surface area contributed by atoms with Crippen LogP contribution in [0.25, 0.3) is 0 Å². The molecule has 1 N–H and O–H groups in total. The Morgan fingerprint density at radius 3 is 2.87 bits per heavy atom. The molecule has 0 amide bonds. The van der Waals surface area contributed by atoms with Gasteiger partial charge in [-0.15, -0.1) is 11.3 Å². The maximum Gasteiger partial charge on any atom is 0.190 e. The van der Waals surface area contributed by atoms with Crippen molar-refractivity contribution in [2.75, 3.05) is 32.8 Å². The van der Waals surface area contributed by atoms with E-state index in [2.05, 4.69) is 16.9 Å². The molecule has 0 atom stereocenters. The van der Waals surface area contributed by atoms with Crippen molar-refractivity contribution in [1.29, 1.82) is 0 Å². The molecule has 0 aliphatic carbocycles. The molecular formula is C17H23ClN3OS+. The van der Waals surface area contributed by atoms with E-state index in [0.29, 0.717) is 5.02 Å². The zero-order valence-electron chi connectivity index (χ0n) is 13.4. The maximum absolute atomic E-state index is 6.23. The van der Waals surface area contributed by atoms with Crippen molar-refractivity contribution in [2.24, 2.45) is 4.99 Å². The fraction of sp³-hybridized carbons (Fsp3) is 0.471. The molecular weight excluding hydrogens is 330 g/mol. The third kappa shape index (κ3) is 4.44. The molecule has 1 saturated heterocycles. The van der Waals surface area contributed by atoms with Crippen molar-refractivity contribution in [1.82, 2.24) is 4.57 Å². The summed E-state index contributed by atoms with van der Waals surface area (Å²) in [5.41, 5.74) is 2.10. The summed E-state index contributed by atoms with van der Waals surface area (Å²) in [7, 11) is 0. The molecule has 2 aromatic rings. The number of aryl methyl sites for hydroxylation is 1. The molecule has 4 nitrogen and oxygen atoms in total. The summed E-state index contributed by atoms with van der Waals surface area (Å²) in [6, 6.07) is 7.74. The van der Waals surface area contributed by atoms with Crippen LogP contribution in [0.1, 0.15) is 12.1 Å². The number of nitrogens with zero attached hydrogens (tertiary/aromatic N) is 2. The topological polar surface area (TPSA) is 31.0 Å². The lowest BCUT2D eigenvalue weighted by molar-refractivity contribution is -0.908. The molecule has 2 heterocycles. The second kappa shape index (κ2) is 8.11. The lowest BCUT2D eigenvalue weighted by Gasteiger charge is -2.23. The van der Waals surface area contributed by atoms with Crippen LogP contribution in [-0.4, -0.2) is 37.4 Å². The van der Waals surface area contributed by atoms with Crippen molar-refractivity contribution in [2.45, 2.75) is 19.9 Å². The largest absolute Gasteiger partial charge is 0.370 e. The number of rotatable bonds is 5. The third-order valence-electron chi connectivity index (χ3n) is 4.17. The standard InChI is InChI=1S/C17H22ClN3OS/c1-14-13-23-17(19-16-6-3-2-5-15(16)18)21(14)8-4-7-20-9-11-22-12-10-20/h2-3,5-6,13H,4,7-12H2,1H3/p+1. The number of thiazole rings is 1. The summed E-state index contributed by atoms with van der Waals surface area (Å²) >= 11 is 7.90. The van der Waals surface area contributed by atoms with Gasteiger partial charge in [0.15, 0.2) is 4.80 Å². The molecule has 3 rings (SSSR count). The summed E-state index contributed by atoms with van der Waals surface area (Å²) in [4.78, 5) is 7.42. The Balaban J connectivity index is 1.70. The van der Waals surface area contributed by atoms with Crippen LogP contribution in [0.4, 0.5) is 5.69 Å². The first-order valence-electron chi connectivity index (χ1n) is 8.09. The van der Waals surface area contributed by atoms with Crippen molar-refractivity contribution in [3.8, 4) is 0 Å². The number of para-hydroxylation sites is 1. The number of nitrogens with one attached hydrogen (secondary N) is 1. The number of hydrogen-bond acceptors (Lipinski definition) is 3. The number of hydrogen-bond donors (Lipinski definition) is 1. The summed E-state index contributed by atoms with van der Waals surface area (Å²) in [6.45, 7) is 8.39. The fourth-order valence-electron chi connectivity index (χ4n) is 2.82. The number of ether oxygens (including phenoxy) is 1. The van der Waals surface area contributed by atoms with Crippen LogP contribution in [-0.2, 0) is 11.3 Å². The van der Waals surface area contributed by atoms with Gasteiger partial charge in [-0.1, -0.05) is 23.7 Å². The average Bonchev–Trinajstić information content (AvgIpc) is 2.91. The van der Waals surface area contributed by atoms with Crippen LogP contribution in [0, 0.1) is 6.92 Å². The van der Waals surface area contributed by atoms with Gasteiger partial charge < -0.3 is 14.2 Å². The minimum absolute atomic E-state index is 0.697. The maximum atomic E-state index is 6.23. The van der Waals surface area contributed by atoms with Gasteiger partial charge >= 0.3 is 0 Å². The van der Waals surface area contributed by atoms with Crippen LogP contribution < -0.4 is 9.70 Å². The highest BCUT2D eigenvalue weighted by molar-refractivity contribution is 7.07. The van der Waals surface area contributed by atoms with Crippen LogP contribution in [0.3, 0.4) is 0 Å². The predicted molar refractivity (Wildman–Crippen MR) is 94.7 cm³/mol. The fourth-order valence-corrected chi connectivity index (χ4v) is 3.91. The van der Waals surface area contributed by atoms with E-state index >= 15 is 0 Å². The molecule has 0 spiro atoms. The van der Waals surface area contributed by atoms with Crippen LogP contribution in [0.15, 0.2) is 34.6 Å². The molecule has 0 unspecified atom stereocenters. The van der Waals surface area contributed by atoms with Gasteiger partial charge in [-0.05, 0) is 19.1 Å². The van der Waals surface area contributed by atoms with Gasteiger partial charge in [-0.25, -0.2) is 4.99 Å². The first kappa shape index (κ1) is 16.7. The summed E-state index contributed by atoms with van der Waals surface area (Å²) in [5.74, 6) is 0. The van der Waals surface area contributed by atoms with Gasteiger partial charge in [0.1, 0.15) is 13.1 Å². The lowest BCUT2D eigenvalue weighted by atomic mass is 10.3. The molecule has 124 valence electrons. The summed E-state index contributed by atoms with van der Waals surface area (Å²) in [5, 5.41) is 2.86. The monoisotopic (exact) mass is 352 g/mol. The Morgan fingerprint density at radius 2 is 2.09 bits per heavy atom. The van der Waals surface area contributed by atoms with Crippen LogP contribution in [0.5, 0.6) is 0 Å². The lowest BCUT2D eigenvalue weighted by Crippen LogP contribution is -3.14. The van der Waals surface area contributed by atoms with Crippen LogP contribution >= 0.6 is 22.9 Å². The molecule has 1 aromatic heterocycles. The first-order valence-corrected chi connectivity index (χ1v) is 9.35. The molecule has 1 aliphatic rings. The molecule has 1 aromatic carbocycles. The minimum Gasteiger partial charge on any atom is -0.370 e. The van der Waals surface area contributed by atoms with Gasteiger partial charge in [0.05, 0.1) is 30.5 Å². The first-order chi connectivity index (χ1) is 11.2. The van der Waals surface area contributed by atoms with Crippen molar-refractivity contribution in [3.63, 3.8) is 0 Å². The van der Waals surface area contributed by atoms with Gasteiger partial charge in [0, 0.05) is 24.0 Å². The number of aromatic nitrogens is 1. The second-order valence-corrected chi connectivity index (χ2v) is 7.08. The normalized spacial score (nSPS) is 16.9. The third-order valence-corrected chi connectivity index (χ3v) is 5.47. The predicted octanol–water partition coefficient (Wildman–Crippen LogP) is 2.05. The van der Waals surface area contributed by atoms with E-state index in [4.69, 9.17) is 21.3 Å². The van der Waals surface area contributed by atoms with E-state index in [9.17, 15) is 0 Å². The Labute approximate surface area is 146 Å². The zero-order chi connectivity index (χ0) is 16.1. The van der Waals surface area contributed by atoms with Gasteiger partial charge in [-0.3, -0.25) is 0 Å². The molecule has 0 saturated carbocycles. The SMILES string of the molecule is Cc1csc(=Nc2ccccc2Cl)n1CCC[NH+]1CCOCC1. The summed E-state index contributed by atoms with van der Waals surface area (Å²) < 4.78 is 7.72. The minimum atomic E-state index is 0.697. The number of quaternary nitrogens is 1. The highest BCUT2D eigenvalue weighted by atomic mass is 35.5. The Hall–Kier alpha value is -1.14. The molecule has 6 heteroatoms. The molecule has 23 heavy (non-hydrogen) atoms. The van der Waals surface area contributed by atoms with E-state index in [1.54, 1.807) is 16.2 Å². The van der Waals surface area contributed by atoms with E-state index < -0.39 is 0 Å². The van der Waals surface area contributed by atoms with Gasteiger partial charge in [-0.2, -0.15) is 0 Å². The highest BCUT2D eigenvalue weighted by Crippen LogP contribution is 2.23. The number of halogens is 1. The van der Waals surface area contributed by atoms with E-state index in [0.717, 1.165) is 49.8 Å². The summed E-state index contributed by atoms with van der Waals surface area (Å²) in [6.07, 6.45) is 1.16. The Kier molecular flexibility index (Phi) is 5.89. The van der Waals surface area contributed by atoms with Gasteiger partial charge in [0.25, 0.3) is 0 Å². The molecule has 0 bridgehead atoms. The Bertz CT molecular complexity index is 704. The number of benzene rings is 1. The molecule has 1 aliphatic heterocycles. The molecule has 1 fully saturated rings. The van der Waals surface area contributed by atoms with Gasteiger partial charge in [0.2, 0.25) is 0 Å². The second-order valence-electron chi connectivity index (χ2n) is 5.84. The zero-order valence-corrected chi connectivity index (χ0v) is 15.0. The average molecular weight is 353 g/mol. The smallest absolute Gasteiger partial charge is 0.190 e. The number of morpholine rings is 1. The molecule has 0 radical (unpaired) electrons. The van der Waals surface area contributed by atoms with Crippen molar-refractivity contribution in [3.05, 3.63) is 45.2 Å². The van der Waals surface area contributed by atoms with E-state index in [1.165, 1.54) is 12.2 Å².